The van der Waals surface area contributed by atoms with Crippen LogP contribution < -0.4 is 11.1 Å². The van der Waals surface area contributed by atoms with Gasteiger partial charge in [0.2, 0.25) is 11.8 Å². The summed E-state index contributed by atoms with van der Waals surface area (Å²) in [5, 5.41) is 6.62. The van der Waals surface area contributed by atoms with Crippen LogP contribution in [0.2, 0.25) is 0 Å². The first-order chi connectivity index (χ1) is 19.9. The van der Waals surface area contributed by atoms with E-state index in [-0.39, 0.29) is 30.9 Å². The molecule has 1 aromatic heterocycles. The van der Waals surface area contributed by atoms with Crippen molar-refractivity contribution >= 4 is 44.5 Å². The summed E-state index contributed by atoms with van der Waals surface area (Å²) >= 11 is 1.41. The molecule has 2 fully saturated rings. The van der Waals surface area contributed by atoms with Gasteiger partial charge in [-0.2, -0.15) is 5.01 Å². The van der Waals surface area contributed by atoms with E-state index in [0.29, 0.717) is 24.6 Å². The highest BCUT2D eigenvalue weighted by Gasteiger charge is 2.51. The molecule has 0 bridgehead atoms. The second kappa shape index (κ2) is 11.2. The Labute approximate surface area is 241 Å². The molecule has 0 spiro atoms. The van der Waals surface area contributed by atoms with Crippen LogP contribution in [0.3, 0.4) is 0 Å². The highest BCUT2D eigenvalue weighted by Crippen LogP contribution is 2.32. The number of aromatic nitrogens is 1. The number of rotatable bonds is 7. The van der Waals surface area contributed by atoms with Gasteiger partial charge < -0.3 is 20.9 Å². The molecule has 11 heteroatoms. The quantitative estimate of drug-likeness (QED) is 0.354. The number of benzene rings is 3. The van der Waals surface area contributed by atoms with Crippen LogP contribution in [0, 0.1) is 0 Å². The van der Waals surface area contributed by atoms with E-state index in [0.717, 1.165) is 26.9 Å². The fourth-order valence-electron chi connectivity index (χ4n) is 5.65. The highest BCUT2D eigenvalue weighted by atomic mass is 32.1. The lowest BCUT2D eigenvalue weighted by Crippen LogP contribution is -2.65. The number of nitrogens with one attached hydrogen (secondary N) is 1. The van der Waals surface area contributed by atoms with Crippen molar-refractivity contribution in [2.45, 2.75) is 31.7 Å². The number of fused-ring (bicyclic) bond motifs is 2. The summed E-state index contributed by atoms with van der Waals surface area (Å²) in [6, 6.07) is 24.2. The molecule has 2 saturated heterocycles. The molecule has 6 rings (SSSR count). The normalized spacial score (nSPS) is 19.0. The standard InChI is InChI=1S/C30H31N7O3S/c1-34(30(40)32-16-21-11-6-3-7-12-21)36-19-26(38)37-23(15-20-9-4-2-5-10-20)28(39)35(18-25(36)37)17-22-13-8-14-24-27(22)33-29(31)41-24/h2-14,23,25H,15-19H2,1H3,(H2,31,33)(H,32,40)/t23-,25+/m0/s1. The first kappa shape index (κ1) is 26.7. The SMILES string of the molecule is CN(C(=O)NCc1ccccc1)N1CC(=O)N2[C@@H](Cc3ccccc3)C(=O)N(Cc3cccc4sc(N)nc34)C[C@@H]21. The lowest BCUT2D eigenvalue weighted by atomic mass is 10.00. The minimum Gasteiger partial charge on any atom is -0.375 e. The zero-order valence-electron chi connectivity index (χ0n) is 22.6. The van der Waals surface area contributed by atoms with Crippen molar-refractivity contribution in [3.05, 3.63) is 95.6 Å². The monoisotopic (exact) mass is 569 g/mol. The van der Waals surface area contributed by atoms with Gasteiger partial charge in [0, 0.05) is 26.6 Å². The van der Waals surface area contributed by atoms with Crippen LogP contribution in [0.25, 0.3) is 10.2 Å². The van der Waals surface area contributed by atoms with Crippen LogP contribution in [0.4, 0.5) is 9.93 Å². The van der Waals surface area contributed by atoms with E-state index < -0.39 is 12.2 Å². The number of amides is 4. The predicted molar refractivity (Wildman–Crippen MR) is 157 cm³/mol. The molecule has 10 nitrogen and oxygen atoms in total. The Morgan fingerprint density at radius 2 is 1.73 bits per heavy atom. The highest BCUT2D eigenvalue weighted by molar-refractivity contribution is 7.22. The number of thiazole rings is 1. The number of para-hydroxylation sites is 1. The molecular formula is C30H31N7O3S. The molecule has 41 heavy (non-hydrogen) atoms. The molecule has 2 aliphatic heterocycles. The molecule has 0 aliphatic carbocycles. The van der Waals surface area contributed by atoms with E-state index in [4.69, 9.17) is 5.73 Å². The molecule has 0 radical (unpaired) electrons. The number of nitrogens with two attached hydrogens (primary N) is 1. The maximum atomic E-state index is 14.0. The van der Waals surface area contributed by atoms with Crippen LogP contribution in [-0.2, 0) is 29.1 Å². The fourth-order valence-corrected chi connectivity index (χ4v) is 6.43. The number of hydrogen-bond acceptors (Lipinski definition) is 7. The Balaban J connectivity index is 1.28. The number of piperazine rings is 1. The second-order valence-electron chi connectivity index (χ2n) is 10.3. The van der Waals surface area contributed by atoms with E-state index in [1.807, 2.05) is 78.9 Å². The molecule has 4 aromatic rings. The van der Waals surface area contributed by atoms with Gasteiger partial charge in [-0.15, -0.1) is 0 Å². The number of carbonyl (C=O) groups excluding carboxylic acids is 3. The molecule has 210 valence electrons. The summed E-state index contributed by atoms with van der Waals surface area (Å²) in [7, 11) is 1.66. The predicted octanol–water partition coefficient (Wildman–Crippen LogP) is 3.06. The Hall–Kier alpha value is -4.48. The first-order valence-corrected chi connectivity index (χ1v) is 14.3. The van der Waals surface area contributed by atoms with E-state index in [2.05, 4.69) is 10.3 Å². The zero-order valence-corrected chi connectivity index (χ0v) is 23.5. The van der Waals surface area contributed by atoms with Gasteiger partial charge in [0.1, 0.15) is 12.2 Å². The molecule has 0 saturated carbocycles. The number of anilines is 1. The fraction of sp³-hybridized carbons (Fsp3) is 0.267. The molecule has 0 unspecified atom stereocenters. The lowest BCUT2D eigenvalue weighted by Gasteiger charge is -2.45. The summed E-state index contributed by atoms with van der Waals surface area (Å²) < 4.78 is 0.958. The molecule has 2 aliphatic rings. The Bertz CT molecular complexity index is 1580. The topological polar surface area (TPSA) is 115 Å². The van der Waals surface area contributed by atoms with Crippen molar-refractivity contribution in [3.63, 3.8) is 0 Å². The summed E-state index contributed by atoms with van der Waals surface area (Å²) in [6.45, 7) is 0.940. The van der Waals surface area contributed by atoms with Gasteiger partial charge in [-0.25, -0.2) is 9.78 Å². The summed E-state index contributed by atoms with van der Waals surface area (Å²) in [5.41, 5.74) is 9.59. The largest absolute Gasteiger partial charge is 0.375 e. The van der Waals surface area contributed by atoms with Crippen molar-refractivity contribution < 1.29 is 14.4 Å². The van der Waals surface area contributed by atoms with Crippen LogP contribution in [0.1, 0.15) is 16.7 Å². The van der Waals surface area contributed by atoms with Crippen LogP contribution in [0.5, 0.6) is 0 Å². The average molecular weight is 570 g/mol. The lowest BCUT2D eigenvalue weighted by molar-refractivity contribution is -0.157. The smallest absolute Gasteiger partial charge is 0.332 e. The van der Waals surface area contributed by atoms with E-state index in [1.54, 1.807) is 21.9 Å². The number of hydrogen-bond donors (Lipinski definition) is 2. The van der Waals surface area contributed by atoms with Gasteiger partial charge in [0.05, 0.1) is 23.3 Å². The van der Waals surface area contributed by atoms with Crippen LogP contribution in [-0.4, -0.2) is 75.0 Å². The van der Waals surface area contributed by atoms with Gasteiger partial charge in [-0.1, -0.05) is 84.1 Å². The maximum Gasteiger partial charge on any atom is 0.332 e. The molecular weight excluding hydrogens is 538 g/mol. The first-order valence-electron chi connectivity index (χ1n) is 13.5. The van der Waals surface area contributed by atoms with Gasteiger partial charge in [-0.3, -0.25) is 14.6 Å². The zero-order chi connectivity index (χ0) is 28.5. The third-order valence-corrected chi connectivity index (χ3v) is 8.53. The van der Waals surface area contributed by atoms with Crippen molar-refractivity contribution in [2.75, 3.05) is 25.9 Å². The molecule has 3 N–H and O–H groups in total. The summed E-state index contributed by atoms with van der Waals surface area (Å²) in [5.74, 6) is -0.308. The number of carbonyl (C=O) groups is 3. The van der Waals surface area contributed by atoms with E-state index in [9.17, 15) is 14.4 Å². The maximum absolute atomic E-state index is 14.0. The summed E-state index contributed by atoms with van der Waals surface area (Å²) in [4.78, 5) is 48.6. The number of nitrogens with zero attached hydrogens (tertiary/aromatic N) is 5. The van der Waals surface area contributed by atoms with Gasteiger partial charge in [0.15, 0.2) is 5.13 Å². The van der Waals surface area contributed by atoms with Crippen molar-refractivity contribution in [1.29, 1.82) is 0 Å². The third-order valence-electron chi connectivity index (χ3n) is 7.68. The van der Waals surface area contributed by atoms with E-state index in [1.165, 1.54) is 16.3 Å². The van der Waals surface area contributed by atoms with Crippen LogP contribution >= 0.6 is 11.3 Å². The number of nitrogen functional groups attached to an aromatic ring is 1. The minimum absolute atomic E-state index is 0.00450. The molecule has 3 heterocycles. The van der Waals surface area contributed by atoms with Gasteiger partial charge >= 0.3 is 6.03 Å². The van der Waals surface area contributed by atoms with E-state index >= 15 is 0 Å². The Kier molecular flexibility index (Phi) is 7.29. The number of urea groups is 1. The van der Waals surface area contributed by atoms with Crippen molar-refractivity contribution in [1.82, 2.24) is 30.1 Å². The minimum atomic E-state index is -0.700. The second-order valence-corrected chi connectivity index (χ2v) is 11.3. The van der Waals surface area contributed by atoms with Crippen molar-refractivity contribution in [3.8, 4) is 0 Å². The molecule has 4 amide bonds. The van der Waals surface area contributed by atoms with Gasteiger partial charge in [-0.05, 0) is 22.8 Å². The van der Waals surface area contributed by atoms with Crippen molar-refractivity contribution in [2.24, 2.45) is 0 Å². The number of hydrazine groups is 1. The van der Waals surface area contributed by atoms with Crippen LogP contribution in [0.15, 0.2) is 78.9 Å². The van der Waals surface area contributed by atoms with Gasteiger partial charge in [0.25, 0.3) is 0 Å². The average Bonchev–Trinajstić information content (AvgIpc) is 3.53. The third kappa shape index (κ3) is 5.33. The Morgan fingerprint density at radius 3 is 2.46 bits per heavy atom. The molecule has 2 atom stereocenters. The molecule has 3 aromatic carbocycles. The summed E-state index contributed by atoms with van der Waals surface area (Å²) in [6.07, 6.45) is -0.120. The Morgan fingerprint density at radius 1 is 1.02 bits per heavy atom.